The summed E-state index contributed by atoms with van der Waals surface area (Å²) in [5, 5.41) is 12.2. The first-order valence-electron chi connectivity index (χ1n) is 7.62. The van der Waals surface area contributed by atoms with Gasteiger partial charge in [0.1, 0.15) is 5.75 Å². The lowest BCUT2D eigenvalue weighted by atomic mass is 9.85. The Morgan fingerprint density at radius 1 is 1.14 bits per heavy atom. The van der Waals surface area contributed by atoms with Crippen LogP contribution in [-0.2, 0) is 11.2 Å². The molecule has 1 atom stereocenters. The third-order valence-electron chi connectivity index (χ3n) is 3.95. The minimum Gasteiger partial charge on any atom is -0.508 e. The molecule has 1 unspecified atom stereocenters. The molecule has 0 aliphatic rings. The van der Waals surface area contributed by atoms with E-state index < -0.39 is 6.04 Å². The van der Waals surface area contributed by atoms with E-state index >= 15 is 0 Å². The van der Waals surface area contributed by atoms with Gasteiger partial charge in [0.2, 0.25) is 5.91 Å². The third-order valence-corrected chi connectivity index (χ3v) is 3.95. The summed E-state index contributed by atoms with van der Waals surface area (Å²) in [7, 11) is 0. The second-order valence-corrected chi connectivity index (χ2v) is 6.37. The van der Waals surface area contributed by atoms with Gasteiger partial charge in [-0.3, -0.25) is 4.79 Å². The lowest BCUT2D eigenvalue weighted by molar-refractivity contribution is -0.122. The highest BCUT2D eigenvalue weighted by atomic mass is 16.3. The van der Waals surface area contributed by atoms with Crippen molar-refractivity contribution in [1.82, 2.24) is 5.32 Å². The summed E-state index contributed by atoms with van der Waals surface area (Å²) in [6, 6.07) is 6.22. The van der Waals surface area contributed by atoms with Crippen molar-refractivity contribution in [2.45, 2.75) is 40.2 Å². The van der Waals surface area contributed by atoms with Crippen LogP contribution in [0.4, 0.5) is 0 Å². The summed E-state index contributed by atoms with van der Waals surface area (Å²) < 4.78 is 0. The second kappa shape index (κ2) is 8.03. The normalized spacial score (nSPS) is 13.0. The van der Waals surface area contributed by atoms with Crippen LogP contribution in [0.5, 0.6) is 5.75 Å². The summed E-state index contributed by atoms with van der Waals surface area (Å²) in [5.74, 6) is 1.61. The number of rotatable bonds is 7. The Kier molecular flexibility index (Phi) is 6.69. The predicted octanol–water partition coefficient (Wildman–Crippen LogP) is 2.31. The number of phenols is 1. The third kappa shape index (κ3) is 5.76. The summed E-state index contributed by atoms with van der Waals surface area (Å²) >= 11 is 0. The average Bonchev–Trinajstić information content (AvgIpc) is 2.40. The molecular weight excluding hydrogens is 264 g/mol. The fourth-order valence-electron chi connectivity index (χ4n) is 2.57. The van der Waals surface area contributed by atoms with E-state index in [0.717, 1.165) is 5.56 Å². The standard InChI is InChI=1S/C17H28N2O2/c1-11(2)15(12(3)4)10-19-17(21)16(18)9-13-5-7-14(20)8-6-13/h5-8,11-12,15-16,20H,9-10,18H2,1-4H3,(H,19,21). The number of carbonyl (C=O) groups excluding carboxylic acids is 1. The van der Waals surface area contributed by atoms with Gasteiger partial charge in [0.25, 0.3) is 0 Å². The van der Waals surface area contributed by atoms with Gasteiger partial charge in [0, 0.05) is 6.54 Å². The van der Waals surface area contributed by atoms with E-state index in [1.807, 2.05) is 0 Å². The van der Waals surface area contributed by atoms with Gasteiger partial charge in [-0.2, -0.15) is 0 Å². The molecule has 0 spiro atoms. The average molecular weight is 292 g/mol. The fraction of sp³-hybridized carbons (Fsp3) is 0.588. The number of nitrogens with one attached hydrogen (secondary N) is 1. The number of phenolic OH excluding ortho intramolecular Hbond substituents is 1. The Bertz CT molecular complexity index is 433. The molecule has 0 saturated heterocycles. The molecule has 0 radical (unpaired) electrons. The highest BCUT2D eigenvalue weighted by molar-refractivity contribution is 5.81. The van der Waals surface area contributed by atoms with Crippen LogP contribution in [0.2, 0.25) is 0 Å². The van der Waals surface area contributed by atoms with Crippen molar-refractivity contribution >= 4 is 5.91 Å². The molecule has 4 nitrogen and oxygen atoms in total. The van der Waals surface area contributed by atoms with Crippen molar-refractivity contribution < 1.29 is 9.90 Å². The molecule has 0 aliphatic carbocycles. The SMILES string of the molecule is CC(C)C(CNC(=O)C(N)Cc1ccc(O)cc1)C(C)C. The molecule has 118 valence electrons. The fourth-order valence-corrected chi connectivity index (χ4v) is 2.57. The van der Waals surface area contributed by atoms with Gasteiger partial charge in [-0.1, -0.05) is 39.8 Å². The second-order valence-electron chi connectivity index (χ2n) is 6.37. The first kappa shape index (κ1) is 17.5. The van der Waals surface area contributed by atoms with Crippen LogP contribution in [0, 0.1) is 17.8 Å². The molecule has 4 heteroatoms. The van der Waals surface area contributed by atoms with Gasteiger partial charge in [-0.15, -0.1) is 0 Å². The highest BCUT2D eigenvalue weighted by Gasteiger charge is 2.20. The highest BCUT2D eigenvalue weighted by Crippen LogP contribution is 2.19. The van der Waals surface area contributed by atoms with Crippen molar-refractivity contribution in [3.05, 3.63) is 29.8 Å². The lowest BCUT2D eigenvalue weighted by Gasteiger charge is -2.25. The summed E-state index contributed by atoms with van der Waals surface area (Å²) in [4.78, 5) is 12.1. The van der Waals surface area contributed by atoms with E-state index in [1.165, 1.54) is 0 Å². The Hall–Kier alpha value is -1.55. The van der Waals surface area contributed by atoms with Gasteiger partial charge in [0.15, 0.2) is 0 Å². The summed E-state index contributed by atoms with van der Waals surface area (Å²) in [6.45, 7) is 9.36. The summed E-state index contributed by atoms with van der Waals surface area (Å²) in [6.07, 6.45) is 0.472. The minimum atomic E-state index is -0.561. The Morgan fingerprint density at radius 3 is 2.14 bits per heavy atom. The zero-order chi connectivity index (χ0) is 16.0. The number of amides is 1. The number of hydrogen-bond donors (Lipinski definition) is 3. The number of carbonyl (C=O) groups is 1. The molecule has 1 rings (SSSR count). The molecule has 0 bridgehead atoms. The Labute approximate surface area is 127 Å². The maximum absolute atomic E-state index is 12.1. The number of aromatic hydroxyl groups is 1. The van der Waals surface area contributed by atoms with Crippen molar-refractivity contribution in [2.75, 3.05) is 6.54 Å². The van der Waals surface area contributed by atoms with E-state index in [2.05, 4.69) is 33.0 Å². The number of nitrogens with two attached hydrogens (primary N) is 1. The van der Waals surface area contributed by atoms with Crippen molar-refractivity contribution in [2.24, 2.45) is 23.5 Å². The Morgan fingerprint density at radius 2 is 1.67 bits per heavy atom. The van der Waals surface area contributed by atoms with Gasteiger partial charge in [-0.25, -0.2) is 0 Å². The van der Waals surface area contributed by atoms with Crippen molar-refractivity contribution in [3.8, 4) is 5.75 Å². The van der Waals surface area contributed by atoms with E-state index in [-0.39, 0.29) is 11.7 Å². The monoisotopic (exact) mass is 292 g/mol. The Balaban J connectivity index is 2.49. The van der Waals surface area contributed by atoms with Crippen molar-refractivity contribution in [1.29, 1.82) is 0 Å². The molecule has 4 N–H and O–H groups in total. The van der Waals surface area contributed by atoms with Crippen LogP contribution in [-0.4, -0.2) is 23.6 Å². The van der Waals surface area contributed by atoms with Crippen LogP contribution in [0.25, 0.3) is 0 Å². The number of hydrogen-bond acceptors (Lipinski definition) is 3. The van der Waals surface area contributed by atoms with E-state index in [9.17, 15) is 9.90 Å². The lowest BCUT2D eigenvalue weighted by Crippen LogP contribution is -2.44. The van der Waals surface area contributed by atoms with Gasteiger partial charge in [-0.05, 0) is 41.9 Å². The van der Waals surface area contributed by atoms with Gasteiger partial charge >= 0.3 is 0 Å². The zero-order valence-corrected chi connectivity index (χ0v) is 13.5. The molecule has 1 aromatic rings. The minimum absolute atomic E-state index is 0.116. The van der Waals surface area contributed by atoms with Crippen LogP contribution < -0.4 is 11.1 Å². The van der Waals surface area contributed by atoms with Crippen LogP contribution >= 0.6 is 0 Å². The van der Waals surface area contributed by atoms with Gasteiger partial charge in [0.05, 0.1) is 6.04 Å². The molecule has 1 amide bonds. The van der Waals surface area contributed by atoms with E-state index in [1.54, 1.807) is 24.3 Å². The molecular formula is C17H28N2O2. The largest absolute Gasteiger partial charge is 0.508 e. The zero-order valence-electron chi connectivity index (χ0n) is 13.5. The maximum atomic E-state index is 12.1. The van der Waals surface area contributed by atoms with Gasteiger partial charge < -0.3 is 16.2 Å². The quantitative estimate of drug-likeness (QED) is 0.722. The summed E-state index contributed by atoms with van der Waals surface area (Å²) in [5.41, 5.74) is 6.90. The first-order chi connectivity index (χ1) is 9.81. The van der Waals surface area contributed by atoms with Crippen LogP contribution in [0.1, 0.15) is 33.3 Å². The molecule has 1 aromatic carbocycles. The first-order valence-corrected chi connectivity index (χ1v) is 7.62. The van der Waals surface area contributed by atoms with Crippen LogP contribution in [0.15, 0.2) is 24.3 Å². The molecule has 0 saturated carbocycles. The molecule has 21 heavy (non-hydrogen) atoms. The van der Waals surface area contributed by atoms with E-state index in [4.69, 9.17) is 5.73 Å². The molecule has 0 fully saturated rings. The predicted molar refractivity (Wildman–Crippen MR) is 86.0 cm³/mol. The van der Waals surface area contributed by atoms with Crippen LogP contribution in [0.3, 0.4) is 0 Å². The molecule has 0 heterocycles. The molecule has 0 aromatic heterocycles. The maximum Gasteiger partial charge on any atom is 0.237 e. The van der Waals surface area contributed by atoms with Crippen molar-refractivity contribution in [3.63, 3.8) is 0 Å². The topological polar surface area (TPSA) is 75.4 Å². The number of benzene rings is 1. The smallest absolute Gasteiger partial charge is 0.237 e. The van der Waals surface area contributed by atoms with E-state index in [0.29, 0.717) is 30.7 Å². The molecule has 0 aliphatic heterocycles.